The lowest BCUT2D eigenvalue weighted by Crippen LogP contribution is -2.37. The summed E-state index contributed by atoms with van der Waals surface area (Å²) >= 11 is 0. The average molecular weight is 343 g/mol. The van der Waals surface area contributed by atoms with E-state index in [-0.39, 0.29) is 11.8 Å². The summed E-state index contributed by atoms with van der Waals surface area (Å²) in [6, 6.07) is 5.66. The average Bonchev–Trinajstić information content (AvgIpc) is 2.93. The van der Waals surface area contributed by atoms with Crippen molar-refractivity contribution in [2.24, 2.45) is 0 Å². The highest BCUT2D eigenvalue weighted by atomic mass is 16.3. The summed E-state index contributed by atoms with van der Waals surface area (Å²) in [5.74, 6) is 0.314. The standard InChI is InChI=1S/C19H25N3O3/c1-2-3-5-18(23)21-8-4-9-22(11-10-21)19(24)13-15-6-7-16-17(12-15)25-14-20-16/h6-7,12,14H,2-5,8-11,13H2,1H3. The molecule has 0 saturated carbocycles. The Labute approximate surface area is 147 Å². The second-order valence-corrected chi connectivity index (χ2v) is 6.55. The maximum atomic E-state index is 12.6. The number of hydrogen-bond acceptors (Lipinski definition) is 4. The SMILES string of the molecule is CCCCC(=O)N1CCCN(C(=O)Cc2ccc3ncoc3c2)CC1. The maximum absolute atomic E-state index is 12.6. The second-order valence-electron chi connectivity index (χ2n) is 6.55. The predicted molar refractivity (Wildman–Crippen MR) is 95.0 cm³/mol. The highest BCUT2D eigenvalue weighted by Crippen LogP contribution is 2.16. The second kappa shape index (κ2) is 8.14. The van der Waals surface area contributed by atoms with Crippen LogP contribution >= 0.6 is 0 Å². The van der Waals surface area contributed by atoms with Crippen molar-refractivity contribution in [3.63, 3.8) is 0 Å². The summed E-state index contributed by atoms with van der Waals surface area (Å²) < 4.78 is 5.30. The normalized spacial score (nSPS) is 15.4. The van der Waals surface area contributed by atoms with Gasteiger partial charge in [0, 0.05) is 32.6 Å². The van der Waals surface area contributed by atoms with Gasteiger partial charge in [-0.05, 0) is 30.5 Å². The first-order valence-electron chi connectivity index (χ1n) is 9.05. The third-order valence-electron chi connectivity index (χ3n) is 4.70. The van der Waals surface area contributed by atoms with E-state index < -0.39 is 0 Å². The largest absolute Gasteiger partial charge is 0.443 e. The fourth-order valence-corrected chi connectivity index (χ4v) is 3.20. The summed E-state index contributed by atoms with van der Waals surface area (Å²) in [5.41, 5.74) is 2.43. The Balaban J connectivity index is 1.56. The van der Waals surface area contributed by atoms with E-state index in [2.05, 4.69) is 11.9 Å². The van der Waals surface area contributed by atoms with Crippen LogP contribution in [0.3, 0.4) is 0 Å². The zero-order valence-corrected chi connectivity index (χ0v) is 14.7. The summed E-state index contributed by atoms with van der Waals surface area (Å²) in [5, 5.41) is 0. The van der Waals surface area contributed by atoms with Crippen LogP contribution in [0.5, 0.6) is 0 Å². The first-order chi connectivity index (χ1) is 12.2. The van der Waals surface area contributed by atoms with Gasteiger partial charge in [0.2, 0.25) is 11.8 Å². The first kappa shape index (κ1) is 17.5. The van der Waals surface area contributed by atoms with Gasteiger partial charge in [0.1, 0.15) is 5.52 Å². The lowest BCUT2D eigenvalue weighted by Gasteiger charge is -2.22. The van der Waals surface area contributed by atoms with Crippen molar-refractivity contribution in [1.82, 2.24) is 14.8 Å². The van der Waals surface area contributed by atoms with Crippen molar-refractivity contribution in [2.45, 2.75) is 39.0 Å². The van der Waals surface area contributed by atoms with Crippen molar-refractivity contribution in [3.8, 4) is 0 Å². The van der Waals surface area contributed by atoms with E-state index in [1.165, 1.54) is 6.39 Å². The van der Waals surface area contributed by atoms with Gasteiger partial charge >= 0.3 is 0 Å². The molecule has 2 amide bonds. The predicted octanol–water partition coefficient (Wildman–Crippen LogP) is 2.62. The zero-order valence-electron chi connectivity index (χ0n) is 14.7. The van der Waals surface area contributed by atoms with Crippen LogP contribution in [0.2, 0.25) is 0 Å². The molecular weight excluding hydrogens is 318 g/mol. The van der Waals surface area contributed by atoms with Gasteiger partial charge in [-0.2, -0.15) is 0 Å². The van der Waals surface area contributed by atoms with Crippen LogP contribution in [0.25, 0.3) is 11.1 Å². The molecule has 0 N–H and O–H groups in total. The molecule has 0 bridgehead atoms. The van der Waals surface area contributed by atoms with E-state index in [0.29, 0.717) is 38.1 Å². The van der Waals surface area contributed by atoms with Crippen molar-refractivity contribution >= 4 is 22.9 Å². The van der Waals surface area contributed by atoms with E-state index in [0.717, 1.165) is 36.9 Å². The lowest BCUT2D eigenvalue weighted by atomic mass is 10.1. The number of hydrogen-bond donors (Lipinski definition) is 0. The molecule has 25 heavy (non-hydrogen) atoms. The minimum atomic E-state index is 0.0988. The number of fused-ring (bicyclic) bond motifs is 1. The van der Waals surface area contributed by atoms with Crippen molar-refractivity contribution < 1.29 is 14.0 Å². The molecule has 0 atom stereocenters. The quantitative estimate of drug-likeness (QED) is 0.837. The third-order valence-corrected chi connectivity index (χ3v) is 4.70. The molecule has 1 saturated heterocycles. The Morgan fingerprint density at radius 2 is 1.88 bits per heavy atom. The van der Waals surface area contributed by atoms with Gasteiger partial charge in [0.15, 0.2) is 12.0 Å². The first-order valence-corrected chi connectivity index (χ1v) is 9.05. The van der Waals surface area contributed by atoms with Crippen LogP contribution in [-0.4, -0.2) is 52.8 Å². The summed E-state index contributed by atoms with van der Waals surface area (Å²) in [6.45, 7) is 4.79. The van der Waals surface area contributed by atoms with Gasteiger partial charge in [-0.3, -0.25) is 9.59 Å². The van der Waals surface area contributed by atoms with Gasteiger partial charge < -0.3 is 14.2 Å². The number of amides is 2. The lowest BCUT2D eigenvalue weighted by molar-refractivity contribution is -0.133. The molecule has 6 nitrogen and oxygen atoms in total. The van der Waals surface area contributed by atoms with E-state index in [1.54, 1.807) is 0 Å². The number of benzene rings is 1. The molecule has 0 unspecified atom stereocenters. The molecule has 1 aromatic heterocycles. The van der Waals surface area contributed by atoms with Gasteiger partial charge in [-0.15, -0.1) is 0 Å². The molecule has 0 radical (unpaired) electrons. The van der Waals surface area contributed by atoms with E-state index in [9.17, 15) is 9.59 Å². The number of unbranched alkanes of at least 4 members (excludes halogenated alkanes) is 1. The molecule has 3 rings (SSSR count). The Morgan fingerprint density at radius 3 is 2.64 bits per heavy atom. The molecule has 6 heteroatoms. The van der Waals surface area contributed by atoms with Crippen LogP contribution in [0.4, 0.5) is 0 Å². The van der Waals surface area contributed by atoms with Crippen LogP contribution in [0, 0.1) is 0 Å². The molecule has 134 valence electrons. The maximum Gasteiger partial charge on any atom is 0.227 e. The fourth-order valence-electron chi connectivity index (χ4n) is 3.20. The summed E-state index contributed by atoms with van der Waals surface area (Å²) in [6.07, 6.45) is 5.17. The monoisotopic (exact) mass is 343 g/mol. The molecule has 0 spiro atoms. The van der Waals surface area contributed by atoms with Crippen molar-refractivity contribution in [2.75, 3.05) is 26.2 Å². The molecule has 1 aliphatic heterocycles. The summed E-state index contributed by atoms with van der Waals surface area (Å²) in [7, 11) is 0. The van der Waals surface area contributed by atoms with Gasteiger partial charge in [-0.25, -0.2) is 4.98 Å². The number of carbonyl (C=O) groups is 2. The minimum absolute atomic E-state index is 0.0988. The Bertz CT molecular complexity index is 740. The molecule has 0 aliphatic carbocycles. The molecule has 1 fully saturated rings. The topological polar surface area (TPSA) is 66.7 Å². The Hall–Kier alpha value is -2.37. The molecule has 2 aromatic rings. The molecular formula is C19H25N3O3. The van der Waals surface area contributed by atoms with Crippen LogP contribution in [-0.2, 0) is 16.0 Å². The number of rotatable bonds is 5. The third kappa shape index (κ3) is 4.38. The van der Waals surface area contributed by atoms with E-state index in [1.807, 2.05) is 28.0 Å². The van der Waals surface area contributed by atoms with Crippen LogP contribution in [0.15, 0.2) is 29.0 Å². The number of nitrogens with zero attached hydrogens (tertiary/aromatic N) is 3. The summed E-state index contributed by atoms with van der Waals surface area (Å²) in [4.78, 5) is 32.7. The van der Waals surface area contributed by atoms with Gasteiger partial charge in [0.25, 0.3) is 0 Å². The van der Waals surface area contributed by atoms with Crippen LogP contribution in [0.1, 0.15) is 38.2 Å². The van der Waals surface area contributed by atoms with Crippen molar-refractivity contribution in [1.29, 1.82) is 0 Å². The number of oxazole rings is 1. The minimum Gasteiger partial charge on any atom is -0.443 e. The molecule has 1 aliphatic rings. The smallest absolute Gasteiger partial charge is 0.227 e. The molecule has 2 heterocycles. The molecule has 1 aromatic carbocycles. The van der Waals surface area contributed by atoms with Gasteiger partial charge in [0.05, 0.1) is 6.42 Å². The fraction of sp³-hybridized carbons (Fsp3) is 0.526. The van der Waals surface area contributed by atoms with E-state index in [4.69, 9.17) is 4.42 Å². The number of aromatic nitrogens is 1. The van der Waals surface area contributed by atoms with Crippen molar-refractivity contribution in [3.05, 3.63) is 30.2 Å². The number of carbonyl (C=O) groups excluding carboxylic acids is 2. The highest BCUT2D eigenvalue weighted by Gasteiger charge is 2.21. The van der Waals surface area contributed by atoms with Crippen LogP contribution < -0.4 is 0 Å². The Kier molecular flexibility index (Phi) is 5.68. The Morgan fingerprint density at radius 1 is 1.12 bits per heavy atom. The highest BCUT2D eigenvalue weighted by molar-refractivity contribution is 5.81. The zero-order chi connectivity index (χ0) is 17.6. The van der Waals surface area contributed by atoms with Gasteiger partial charge in [-0.1, -0.05) is 19.4 Å². The van der Waals surface area contributed by atoms with E-state index >= 15 is 0 Å².